The third kappa shape index (κ3) is 6.88. The van der Waals surface area contributed by atoms with Gasteiger partial charge in [-0.2, -0.15) is 0 Å². The number of halogens is 1. The zero-order valence-electron chi connectivity index (χ0n) is 16.2. The zero-order valence-corrected chi connectivity index (χ0v) is 17.0. The van der Waals surface area contributed by atoms with Gasteiger partial charge in [0.2, 0.25) is 0 Å². The Balaban J connectivity index is 1.59. The molecule has 0 saturated heterocycles. The van der Waals surface area contributed by atoms with Gasteiger partial charge in [0.05, 0.1) is 18.4 Å². The largest absolute Gasteiger partial charge is 0.390 e. The normalized spacial score (nSPS) is 16.9. The van der Waals surface area contributed by atoms with E-state index < -0.39 is 6.10 Å². The molecule has 6 heteroatoms. The van der Waals surface area contributed by atoms with Crippen molar-refractivity contribution in [2.24, 2.45) is 5.16 Å². The first-order valence-corrected chi connectivity index (χ1v) is 9.96. The molecule has 1 aliphatic heterocycles. The highest BCUT2D eigenvalue weighted by Gasteiger charge is 2.25. The van der Waals surface area contributed by atoms with Crippen LogP contribution in [0.2, 0.25) is 5.02 Å². The van der Waals surface area contributed by atoms with Crippen LogP contribution in [0.4, 0.5) is 0 Å². The molecule has 1 heterocycles. The number of hydrogen-bond acceptors (Lipinski definition) is 5. The summed E-state index contributed by atoms with van der Waals surface area (Å²) in [6.45, 7) is 2.19. The number of aliphatic hydroxyl groups is 1. The fourth-order valence-electron chi connectivity index (χ4n) is 3.28. The summed E-state index contributed by atoms with van der Waals surface area (Å²) in [4.78, 5) is 7.83. The Kier molecular flexibility index (Phi) is 8.09. The molecule has 2 atom stereocenters. The molecule has 3 rings (SSSR count). The highest BCUT2D eigenvalue weighted by molar-refractivity contribution is 6.30. The molecule has 29 heavy (non-hydrogen) atoms. The molecule has 0 saturated carbocycles. The van der Waals surface area contributed by atoms with Gasteiger partial charge < -0.3 is 14.7 Å². The van der Waals surface area contributed by atoms with Crippen LogP contribution in [-0.4, -0.2) is 54.2 Å². The van der Waals surface area contributed by atoms with Crippen molar-refractivity contribution in [2.75, 3.05) is 26.3 Å². The minimum absolute atomic E-state index is 0.0804. The fourth-order valence-corrected chi connectivity index (χ4v) is 3.40. The van der Waals surface area contributed by atoms with Crippen molar-refractivity contribution in [2.45, 2.75) is 25.2 Å². The highest BCUT2D eigenvalue weighted by atomic mass is 35.5. The lowest BCUT2D eigenvalue weighted by Gasteiger charge is -2.26. The van der Waals surface area contributed by atoms with E-state index in [4.69, 9.17) is 27.6 Å². The number of oxime groups is 1. The summed E-state index contributed by atoms with van der Waals surface area (Å²) in [6, 6.07) is 17.7. The van der Waals surface area contributed by atoms with Gasteiger partial charge in [-0.15, -0.1) is 6.42 Å². The summed E-state index contributed by atoms with van der Waals surface area (Å²) in [5.74, 6) is 2.41. The molecule has 0 aromatic heterocycles. The second-order valence-electron chi connectivity index (χ2n) is 7.03. The maximum absolute atomic E-state index is 10.3. The van der Waals surface area contributed by atoms with Crippen LogP contribution in [0.3, 0.4) is 0 Å². The molecule has 1 aliphatic rings. The molecule has 2 unspecified atom stereocenters. The van der Waals surface area contributed by atoms with Gasteiger partial charge in [-0.25, -0.2) is 0 Å². The maximum atomic E-state index is 10.3. The zero-order chi connectivity index (χ0) is 20.5. The van der Waals surface area contributed by atoms with E-state index in [1.54, 1.807) is 0 Å². The first-order chi connectivity index (χ1) is 14.1. The molecule has 2 aromatic rings. The lowest BCUT2D eigenvalue weighted by Crippen LogP contribution is -2.39. The molecule has 0 radical (unpaired) electrons. The monoisotopic (exact) mass is 412 g/mol. The average Bonchev–Trinajstić information content (AvgIpc) is 3.18. The molecule has 152 valence electrons. The van der Waals surface area contributed by atoms with Crippen molar-refractivity contribution >= 4 is 17.3 Å². The molecule has 0 bridgehead atoms. The number of nitrogens with zero attached hydrogens (tertiary/aromatic N) is 2. The van der Waals surface area contributed by atoms with Gasteiger partial charge in [0.15, 0.2) is 0 Å². The Morgan fingerprint density at radius 2 is 2.00 bits per heavy atom. The summed E-state index contributed by atoms with van der Waals surface area (Å²) in [5.41, 5.74) is 3.08. The van der Waals surface area contributed by atoms with E-state index in [9.17, 15) is 5.11 Å². The summed E-state index contributed by atoms with van der Waals surface area (Å²) in [6.07, 6.45) is 5.18. The Morgan fingerprint density at radius 3 is 2.72 bits per heavy atom. The molecule has 0 aliphatic carbocycles. The van der Waals surface area contributed by atoms with Crippen molar-refractivity contribution in [3.05, 3.63) is 70.7 Å². The van der Waals surface area contributed by atoms with Crippen molar-refractivity contribution in [1.82, 2.24) is 4.90 Å². The molecule has 0 fully saturated rings. The van der Waals surface area contributed by atoms with E-state index in [1.165, 1.54) is 5.56 Å². The molecular weight excluding hydrogens is 388 g/mol. The minimum Gasteiger partial charge on any atom is -0.390 e. The Bertz CT molecular complexity index is 833. The van der Waals surface area contributed by atoms with Crippen molar-refractivity contribution in [1.29, 1.82) is 0 Å². The van der Waals surface area contributed by atoms with Gasteiger partial charge in [0, 0.05) is 31.1 Å². The van der Waals surface area contributed by atoms with Crippen LogP contribution >= 0.6 is 11.6 Å². The van der Waals surface area contributed by atoms with E-state index >= 15 is 0 Å². The molecule has 2 aromatic carbocycles. The van der Waals surface area contributed by atoms with E-state index in [0.717, 1.165) is 11.3 Å². The molecule has 1 N–H and O–H groups in total. The van der Waals surface area contributed by atoms with Crippen LogP contribution in [0, 0.1) is 12.3 Å². The van der Waals surface area contributed by atoms with Crippen LogP contribution in [0.5, 0.6) is 0 Å². The topological polar surface area (TPSA) is 54.3 Å². The van der Waals surface area contributed by atoms with Gasteiger partial charge in [-0.3, -0.25) is 4.90 Å². The fraction of sp³-hybridized carbons (Fsp3) is 0.348. The highest BCUT2D eigenvalue weighted by Crippen LogP contribution is 2.20. The third-order valence-electron chi connectivity index (χ3n) is 4.59. The SMILES string of the molecule is C#CCOCC(O)CN(Cc1ccccc1)CC1CC(c2ccc(Cl)cc2)=NO1. The summed E-state index contributed by atoms with van der Waals surface area (Å²) in [7, 11) is 0. The summed E-state index contributed by atoms with van der Waals surface area (Å²) >= 11 is 5.96. The minimum atomic E-state index is -0.634. The number of aliphatic hydroxyl groups excluding tert-OH is 1. The first-order valence-electron chi connectivity index (χ1n) is 9.58. The number of ether oxygens (including phenoxy) is 1. The molecule has 0 spiro atoms. The predicted octanol–water partition coefficient (Wildman–Crippen LogP) is 3.35. The summed E-state index contributed by atoms with van der Waals surface area (Å²) in [5, 5.41) is 15.3. The number of benzene rings is 2. The van der Waals surface area contributed by atoms with E-state index in [-0.39, 0.29) is 19.3 Å². The van der Waals surface area contributed by atoms with Crippen molar-refractivity contribution in [3.8, 4) is 12.3 Å². The molecule has 5 nitrogen and oxygen atoms in total. The van der Waals surface area contributed by atoms with Crippen LogP contribution in [0.15, 0.2) is 59.8 Å². The van der Waals surface area contributed by atoms with Gasteiger partial charge >= 0.3 is 0 Å². The number of rotatable bonds is 10. The number of hydrogen-bond donors (Lipinski definition) is 1. The van der Waals surface area contributed by atoms with E-state index in [0.29, 0.717) is 31.1 Å². The smallest absolute Gasteiger partial charge is 0.145 e. The predicted molar refractivity (Wildman–Crippen MR) is 115 cm³/mol. The van der Waals surface area contributed by atoms with Crippen LogP contribution in [-0.2, 0) is 16.1 Å². The maximum Gasteiger partial charge on any atom is 0.145 e. The Morgan fingerprint density at radius 1 is 1.24 bits per heavy atom. The van der Waals surface area contributed by atoms with Crippen LogP contribution in [0.25, 0.3) is 0 Å². The second kappa shape index (κ2) is 11.0. The van der Waals surface area contributed by atoms with Crippen molar-refractivity contribution in [3.63, 3.8) is 0 Å². The average molecular weight is 413 g/mol. The lowest BCUT2D eigenvalue weighted by molar-refractivity contribution is 0.00418. The summed E-state index contributed by atoms with van der Waals surface area (Å²) < 4.78 is 5.27. The van der Waals surface area contributed by atoms with Gasteiger partial charge in [-0.05, 0) is 23.3 Å². The van der Waals surface area contributed by atoms with Gasteiger partial charge in [-0.1, -0.05) is 65.1 Å². The van der Waals surface area contributed by atoms with Crippen LogP contribution in [0.1, 0.15) is 17.5 Å². The van der Waals surface area contributed by atoms with Crippen LogP contribution < -0.4 is 0 Å². The van der Waals surface area contributed by atoms with Gasteiger partial charge in [0.25, 0.3) is 0 Å². The van der Waals surface area contributed by atoms with E-state index in [1.807, 2.05) is 42.5 Å². The Labute approximate surface area is 176 Å². The van der Waals surface area contributed by atoms with Crippen molar-refractivity contribution < 1.29 is 14.7 Å². The van der Waals surface area contributed by atoms with Gasteiger partial charge in [0.1, 0.15) is 12.7 Å². The third-order valence-corrected chi connectivity index (χ3v) is 4.84. The van der Waals surface area contributed by atoms with E-state index in [2.05, 4.69) is 28.1 Å². The lowest BCUT2D eigenvalue weighted by atomic mass is 10.0. The quantitative estimate of drug-likeness (QED) is 0.480. The standard InChI is InChI=1S/C23H25ClN2O3/c1-2-12-28-17-21(27)15-26(14-18-6-4-3-5-7-18)16-22-13-23(25-29-22)19-8-10-20(24)11-9-19/h1,3-11,21-22,27H,12-17H2. The Hall–Kier alpha value is -2.36. The molecule has 0 amide bonds. The molecular formula is C23H25ClN2O3. The first kappa shape index (κ1) is 21.4. The second-order valence-corrected chi connectivity index (χ2v) is 7.47. The number of terminal acetylenes is 1.